The zero-order chi connectivity index (χ0) is 27.6. The van der Waals surface area contributed by atoms with Crippen LogP contribution in [0.15, 0.2) is 103 Å². The summed E-state index contributed by atoms with van der Waals surface area (Å²) >= 11 is 0. The molecule has 0 fully saturated rings. The van der Waals surface area contributed by atoms with E-state index in [0.29, 0.717) is 28.4 Å². The number of carbonyl (C=O) groups excluding carboxylic acids is 2. The van der Waals surface area contributed by atoms with E-state index in [9.17, 15) is 14.7 Å². The van der Waals surface area contributed by atoms with Gasteiger partial charge in [-0.25, -0.2) is 4.79 Å². The van der Waals surface area contributed by atoms with Crippen molar-refractivity contribution in [3.63, 3.8) is 0 Å². The number of hydrogen-bond donors (Lipinski definition) is 4. The number of para-hydroxylation sites is 3. The van der Waals surface area contributed by atoms with Crippen LogP contribution in [0.2, 0.25) is 0 Å². The molecule has 0 aromatic heterocycles. The van der Waals surface area contributed by atoms with Crippen molar-refractivity contribution in [3.8, 4) is 5.75 Å². The first kappa shape index (κ1) is 27.2. The van der Waals surface area contributed by atoms with Crippen LogP contribution < -0.4 is 21.1 Å². The number of rotatable bonds is 10. The lowest BCUT2D eigenvalue weighted by Gasteiger charge is -2.25. The molecule has 0 aliphatic rings. The maximum absolute atomic E-state index is 13.2. The number of ether oxygens (including phenoxy) is 2. The molecule has 0 heterocycles. The first-order chi connectivity index (χ1) is 19.0. The fourth-order valence-corrected chi connectivity index (χ4v) is 4.17. The summed E-state index contributed by atoms with van der Waals surface area (Å²) in [6.45, 7) is 1.75. The van der Waals surface area contributed by atoms with E-state index in [2.05, 4.69) is 10.6 Å². The second kappa shape index (κ2) is 13.1. The highest BCUT2D eigenvalue weighted by Gasteiger charge is 2.26. The molecule has 5 N–H and O–H groups in total. The molecule has 0 aliphatic carbocycles. The minimum atomic E-state index is -0.805. The van der Waals surface area contributed by atoms with Gasteiger partial charge in [0, 0.05) is 16.9 Å². The van der Waals surface area contributed by atoms with E-state index in [1.807, 2.05) is 43.3 Å². The van der Waals surface area contributed by atoms with E-state index in [1.165, 1.54) is 6.08 Å². The molecule has 4 aromatic rings. The van der Waals surface area contributed by atoms with E-state index in [0.717, 1.165) is 10.8 Å². The lowest BCUT2D eigenvalue weighted by Crippen LogP contribution is -2.22. The van der Waals surface area contributed by atoms with Gasteiger partial charge in [-0.15, -0.1) is 0 Å². The number of anilines is 3. The number of benzene rings is 4. The Labute approximate surface area is 227 Å². The fraction of sp³-hybridized carbons (Fsp3) is 0.161. The second-order valence-corrected chi connectivity index (χ2v) is 8.88. The van der Waals surface area contributed by atoms with E-state index < -0.39 is 18.1 Å². The van der Waals surface area contributed by atoms with Crippen LogP contribution in [0, 0.1) is 5.92 Å². The van der Waals surface area contributed by atoms with Crippen LogP contribution in [0.4, 0.5) is 21.9 Å². The molecule has 2 amide bonds. The van der Waals surface area contributed by atoms with Crippen molar-refractivity contribution < 1.29 is 24.2 Å². The monoisotopic (exact) mass is 525 g/mol. The highest BCUT2D eigenvalue weighted by Crippen LogP contribution is 2.35. The van der Waals surface area contributed by atoms with E-state index >= 15 is 0 Å². The highest BCUT2D eigenvalue weighted by atomic mass is 16.6. The van der Waals surface area contributed by atoms with E-state index in [-0.39, 0.29) is 19.1 Å². The standard InChI is InChI=1S/C31H31N3O5/c1-21(17-18-29(36)33-27-14-6-5-13-25(27)32)30(24-12-4-7-16-28(24)38-20-19-35)39-31(37)34-26-15-8-10-22-9-2-3-11-23(22)26/h2-18,21,30,35H,19-20,32H2,1H3,(H,33,36)(H,34,37)/b18-17+/t21-,30+/m0/s1. The summed E-state index contributed by atoms with van der Waals surface area (Å²) in [5.41, 5.74) is 8.10. The average Bonchev–Trinajstić information content (AvgIpc) is 2.95. The van der Waals surface area contributed by atoms with Crippen LogP contribution in [-0.4, -0.2) is 30.3 Å². The number of nitrogens with one attached hydrogen (secondary N) is 2. The number of fused-ring (bicyclic) bond motifs is 1. The average molecular weight is 526 g/mol. The van der Waals surface area contributed by atoms with Crippen LogP contribution in [0.5, 0.6) is 5.75 Å². The van der Waals surface area contributed by atoms with Crippen molar-refractivity contribution in [1.29, 1.82) is 0 Å². The van der Waals surface area contributed by atoms with Gasteiger partial charge in [0.2, 0.25) is 5.91 Å². The molecule has 0 saturated heterocycles. The summed E-state index contributed by atoms with van der Waals surface area (Å²) in [4.78, 5) is 25.8. The van der Waals surface area contributed by atoms with Crippen molar-refractivity contribution in [2.45, 2.75) is 13.0 Å². The molecule has 0 radical (unpaired) electrons. The van der Waals surface area contributed by atoms with Crippen LogP contribution in [0.1, 0.15) is 18.6 Å². The number of nitrogens with two attached hydrogens (primary N) is 1. The molecule has 4 rings (SSSR count). The van der Waals surface area contributed by atoms with Gasteiger partial charge in [-0.3, -0.25) is 10.1 Å². The quantitative estimate of drug-likeness (QED) is 0.151. The first-order valence-corrected chi connectivity index (χ1v) is 12.6. The molecule has 2 atom stereocenters. The normalized spacial score (nSPS) is 12.6. The predicted molar refractivity (Wildman–Crippen MR) is 154 cm³/mol. The predicted octanol–water partition coefficient (Wildman–Crippen LogP) is 5.91. The van der Waals surface area contributed by atoms with Gasteiger partial charge >= 0.3 is 6.09 Å². The number of nitrogen functional groups attached to an aromatic ring is 1. The van der Waals surface area contributed by atoms with E-state index in [4.69, 9.17) is 15.2 Å². The molecule has 0 spiro atoms. The molecule has 0 bridgehead atoms. The summed E-state index contributed by atoms with van der Waals surface area (Å²) in [6.07, 6.45) is 1.58. The Balaban J connectivity index is 1.57. The van der Waals surface area contributed by atoms with Gasteiger partial charge in [0.1, 0.15) is 18.5 Å². The Morgan fingerprint density at radius 2 is 1.59 bits per heavy atom. The Morgan fingerprint density at radius 3 is 2.41 bits per heavy atom. The van der Waals surface area contributed by atoms with Crippen LogP contribution in [0.25, 0.3) is 10.8 Å². The van der Waals surface area contributed by atoms with Crippen LogP contribution >= 0.6 is 0 Å². The Hall–Kier alpha value is -4.82. The van der Waals surface area contributed by atoms with Crippen molar-refractivity contribution >= 4 is 39.8 Å². The van der Waals surface area contributed by atoms with Gasteiger partial charge in [-0.05, 0) is 35.7 Å². The van der Waals surface area contributed by atoms with Crippen molar-refractivity contribution in [2.24, 2.45) is 5.92 Å². The third-order valence-corrected chi connectivity index (χ3v) is 6.08. The Morgan fingerprint density at radius 1 is 0.897 bits per heavy atom. The van der Waals surface area contributed by atoms with Gasteiger partial charge in [0.15, 0.2) is 0 Å². The van der Waals surface area contributed by atoms with Gasteiger partial charge in [-0.1, -0.05) is 79.7 Å². The molecule has 4 aromatic carbocycles. The van der Waals surface area contributed by atoms with Gasteiger partial charge in [-0.2, -0.15) is 0 Å². The number of carbonyl (C=O) groups is 2. The number of amides is 2. The Kier molecular flexibility index (Phi) is 9.16. The fourth-order valence-electron chi connectivity index (χ4n) is 4.17. The minimum absolute atomic E-state index is 0.0804. The Bertz CT molecular complexity index is 1460. The molecular weight excluding hydrogens is 494 g/mol. The van der Waals surface area contributed by atoms with Gasteiger partial charge in [0.25, 0.3) is 0 Å². The molecular formula is C31H31N3O5. The molecule has 0 aliphatic heterocycles. The smallest absolute Gasteiger partial charge is 0.412 e. The summed E-state index contributed by atoms with van der Waals surface area (Å²) in [6, 6.07) is 27.4. The zero-order valence-corrected chi connectivity index (χ0v) is 21.5. The van der Waals surface area contributed by atoms with Crippen LogP contribution in [0.3, 0.4) is 0 Å². The largest absolute Gasteiger partial charge is 0.491 e. The number of aliphatic hydroxyl groups excluding tert-OH is 1. The lowest BCUT2D eigenvalue weighted by atomic mass is 9.95. The maximum Gasteiger partial charge on any atom is 0.412 e. The maximum atomic E-state index is 13.2. The van der Waals surface area contributed by atoms with Crippen LogP contribution in [-0.2, 0) is 9.53 Å². The lowest BCUT2D eigenvalue weighted by molar-refractivity contribution is -0.111. The highest BCUT2D eigenvalue weighted by molar-refractivity contribution is 6.01. The summed E-state index contributed by atoms with van der Waals surface area (Å²) in [7, 11) is 0. The minimum Gasteiger partial charge on any atom is -0.491 e. The SMILES string of the molecule is C[C@@H](/C=C/C(=O)Nc1ccccc1N)[C@@H](OC(=O)Nc1cccc2ccccc12)c1ccccc1OCCO. The summed E-state index contributed by atoms with van der Waals surface area (Å²) < 4.78 is 11.7. The molecule has 39 heavy (non-hydrogen) atoms. The van der Waals surface area contributed by atoms with Crippen molar-refractivity contribution in [3.05, 3.63) is 109 Å². The van der Waals surface area contributed by atoms with Gasteiger partial charge < -0.3 is 25.6 Å². The second-order valence-electron chi connectivity index (χ2n) is 8.88. The molecule has 200 valence electrons. The molecule has 8 heteroatoms. The third-order valence-electron chi connectivity index (χ3n) is 6.08. The topological polar surface area (TPSA) is 123 Å². The molecule has 0 saturated carbocycles. The number of aliphatic hydroxyl groups is 1. The molecule has 0 unspecified atom stereocenters. The molecule has 8 nitrogen and oxygen atoms in total. The van der Waals surface area contributed by atoms with E-state index in [1.54, 1.807) is 60.7 Å². The number of hydrogen-bond acceptors (Lipinski definition) is 6. The first-order valence-electron chi connectivity index (χ1n) is 12.6. The van der Waals surface area contributed by atoms with Gasteiger partial charge in [0.05, 0.1) is 23.7 Å². The van der Waals surface area contributed by atoms with Crippen molar-refractivity contribution in [2.75, 3.05) is 29.6 Å². The van der Waals surface area contributed by atoms with Crippen molar-refractivity contribution in [1.82, 2.24) is 0 Å². The summed E-state index contributed by atoms with van der Waals surface area (Å²) in [5.74, 6) is -0.333. The zero-order valence-electron chi connectivity index (χ0n) is 21.5. The third kappa shape index (κ3) is 7.15. The summed E-state index contributed by atoms with van der Waals surface area (Å²) in [5, 5.41) is 16.7.